The number of carbonyl (C=O) groups is 2. The maximum Gasteiger partial charge on any atom is 0.304 e. The summed E-state index contributed by atoms with van der Waals surface area (Å²) >= 11 is 0. The van der Waals surface area contributed by atoms with E-state index in [9.17, 15) is 9.59 Å². The molecule has 1 aromatic carbocycles. The van der Waals surface area contributed by atoms with Crippen LogP contribution in [0.1, 0.15) is 16.8 Å². The van der Waals surface area contributed by atoms with Crippen molar-refractivity contribution in [1.29, 1.82) is 0 Å². The molecule has 18 heavy (non-hydrogen) atoms. The summed E-state index contributed by atoms with van der Waals surface area (Å²) in [6.45, 7) is 0.339. The maximum atomic E-state index is 11.7. The molecule has 0 amide bonds. The third-order valence-corrected chi connectivity index (χ3v) is 2.35. The third kappa shape index (κ3) is 4.06. The molecule has 0 heterocycles. The highest BCUT2D eigenvalue weighted by molar-refractivity contribution is 5.98. The van der Waals surface area contributed by atoms with Gasteiger partial charge in [0.1, 0.15) is 5.75 Å². The van der Waals surface area contributed by atoms with Crippen molar-refractivity contribution in [2.45, 2.75) is 6.42 Å². The highest BCUT2D eigenvalue weighted by atomic mass is 16.5. The van der Waals surface area contributed by atoms with E-state index in [0.29, 0.717) is 17.0 Å². The molecule has 0 aliphatic rings. The molecule has 1 aromatic rings. The van der Waals surface area contributed by atoms with Crippen LogP contribution in [0.3, 0.4) is 0 Å². The van der Waals surface area contributed by atoms with Crippen molar-refractivity contribution in [2.75, 3.05) is 25.9 Å². The Morgan fingerprint density at radius 3 is 2.72 bits per heavy atom. The minimum absolute atomic E-state index is 0.0158. The summed E-state index contributed by atoms with van der Waals surface area (Å²) in [6, 6.07) is 4.79. The molecule has 0 saturated heterocycles. The molecule has 1 rings (SSSR count). The first-order chi connectivity index (χ1) is 8.54. The number of rotatable bonds is 7. The van der Waals surface area contributed by atoms with E-state index in [1.165, 1.54) is 7.11 Å². The number of carbonyl (C=O) groups excluding carboxylic acids is 1. The smallest absolute Gasteiger partial charge is 0.304 e. The number of carboxylic acids is 1. The van der Waals surface area contributed by atoms with Gasteiger partial charge in [0.2, 0.25) is 0 Å². The lowest BCUT2D eigenvalue weighted by atomic mass is 10.1. The van der Waals surface area contributed by atoms with Gasteiger partial charge in [0, 0.05) is 12.1 Å². The number of Topliss-reactive ketones (excluding diaryl/α,β-unsaturated/α-hetero) is 1. The molecule has 0 atom stereocenters. The van der Waals surface area contributed by atoms with Crippen LogP contribution in [0.5, 0.6) is 5.75 Å². The Kier molecular flexibility index (Phi) is 5.13. The molecule has 0 unspecified atom stereocenters. The highest BCUT2D eigenvalue weighted by Gasteiger charge is 2.08. The Bertz CT molecular complexity index is 446. The summed E-state index contributed by atoms with van der Waals surface area (Å²) < 4.78 is 4.99. The van der Waals surface area contributed by atoms with Crippen LogP contribution in [0.4, 0.5) is 5.69 Å². The number of methoxy groups -OCH3 is 1. The van der Waals surface area contributed by atoms with Gasteiger partial charge in [0.15, 0.2) is 5.78 Å². The minimum Gasteiger partial charge on any atom is -0.495 e. The van der Waals surface area contributed by atoms with E-state index >= 15 is 0 Å². The molecule has 0 aliphatic carbocycles. The number of ketones is 1. The molecule has 0 aliphatic heterocycles. The quantitative estimate of drug-likeness (QED) is 0.371. The zero-order valence-corrected chi connectivity index (χ0v) is 10.1. The number of nitrogens with two attached hydrogens (primary N) is 1. The summed E-state index contributed by atoms with van der Waals surface area (Å²) in [5.74, 6) is -0.524. The predicted molar refractivity (Wildman–Crippen MR) is 66.9 cm³/mol. The number of benzene rings is 1. The van der Waals surface area contributed by atoms with Gasteiger partial charge in [-0.15, -0.1) is 0 Å². The minimum atomic E-state index is -0.899. The molecule has 6 heteroatoms. The van der Waals surface area contributed by atoms with E-state index in [0.717, 1.165) is 0 Å². The van der Waals surface area contributed by atoms with Crippen LogP contribution in [0, 0.1) is 0 Å². The molecule has 0 bridgehead atoms. The van der Waals surface area contributed by atoms with E-state index in [4.69, 9.17) is 15.6 Å². The van der Waals surface area contributed by atoms with Crippen molar-refractivity contribution in [3.8, 4) is 5.75 Å². The largest absolute Gasteiger partial charge is 0.495 e. The number of carboxylic acid groups (broad SMARTS) is 1. The van der Waals surface area contributed by atoms with Crippen LogP contribution in [0.25, 0.3) is 0 Å². The van der Waals surface area contributed by atoms with Gasteiger partial charge in [-0.2, -0.15) is 0 Å². The van der Waals surface area contributed by atoms with Gasteiger partial charge in [-0.1, -0.05) is 0 Å². The third-order valence-electron chi connectivity index (χ3n) is 2.35. The van der Waals surface area contributed by atoms with Gasteiger partial charge >= 0.3 is 5.97 Å². The zero-order chi connectivity index (χ0) is 13.5. The van der Waals surface area contributed by atoms with E-state index < -0.39 is 5.97 Å². The molecule has 4 N–H and O–H groups in total. The van der Waals surface area contributed by atoms with Crippen molar-refractivity contribution < 1.29 is 19.4 Å². The van der Waals surface area contributed by atoms with Gasteiger partial charge in [-0.25, -0.2) is 0 Å². The van der Waals surface area contributed by atoms with Gasteiger partial charge in [-0.05, 0) is 18.2 Å². The standard InChI is InChI=1S/C12H16N2O4/c1-18-11-3-2-8(6-9(11)13)10(15)7-14-5-4-12(16)17/h2-3,6,14H,4-5,7,13H2,1H3,(H,16,17). The summed E-state index contributed by atoms with van der Waals surface area (Å²) in [5, 5.41) is 11.2. The van der Waals surface area contributed by atoms with Crippen LogP contribution in [0.15, 0.2) is 18.2 Å². The number of hydrogen-bond acceptors (Lipinski definition) is 5. The van der Waals surface area contributed by atoms with Crippen LogP contribution in [-0.2, 0) is 4.79 Å². The fourth-order valence-electron chi connectivity index (χ4n) is 1.41. The van der Waals surface area contributed by atoms with E-state index in [1.807, 2.05) is 0 Å². The Balaban J connectivity index is 2.51. The Labute approximate surface area is 105 Å². The topological polar surface area (TPSA) is 102 Å². The number of aliphatic carboxylic acids is 1. The first-order valence-electron chi connectivity index (χ1n) is 5.44. The number of nitrogen functional groups attached to an aromatic ring is 1. The van der Waals surface area contributed by atoms with Gasteiger partial charge < -0.3 is 20.9 Å². The molecule has 0 saturated carbocycles. The normalized spacial score (nSPS) is 10.1. The molecular formula is C12H16N2O4. The molecule has 0 aromatic heterocycles. The van der Waals surface area contributed by atoms with Crippen molar-refractivity contribution in [1.82, 2.24) is 5.32 Å². The fourth-order valence-corrected chi connectivity index (χ4v) is 1.41. The average molecular weight is 252 g/mol. The lowest BCUT2D eigenvalue weighted by molar-refractivity contribution is -0.136. The van der Waals surface area contributed by atoms with E-state index in [2.05, 4.69) is 5.32 Å². The maximum absolute atomic E-state index is 11.7. The Morgan fingerprint density at radius 1 is 1.44 bits per heavy atom. The number of hydrogen-bond donors (Lipinski definition) is 3. The number of nitrogens with one attached hydrogen (secondary N) is 1. The summed E-state index contributed by atoms with van der Waals surface area (Å²) in [7, 11) is 1.50. The summed E-state index contributed by atoms with van der Waals surface area (Å²) in [5.41, 5.74) is 6.55. The van der Waals surface area contributed by atoms with Crippen LogP contribution < -0.4 is 15.8 Å². The first-order valence-corrected chi connectivity index (χ1v) is 5.44. The lowest BCUT2D eigenvalue weighted by Crippen LogP contribution is -2.25. The van der Waals surface area contributed by atoms with E-state index in [-0.39, 0.29) is 25.3 Å². The van der Waals surface area contributed by atoms with Crippen molar-refractivity contribution >= 4 is 17.4 Å². The Hall–Kier alpha value is -2.08. The SMILES string of the molecule is COc1ccc(C(=O)CNCCC(=O)O)cc1N. The average Bonchev–Trinajstić information content (AvgIpc) is 2.34. The van der Waals surface area contributed by atoms with Crippen LogP contribution in [0.2, 0.25) is 0 Å². The molecule has 98 valence electrons. The van der Waals surface area contributed by atoms with Crippen molar-refractivity contribution in [3.63, 3.8) is 0 Å². The number of ether oxygens (including phenoxy) is 1. The molecule has 0 fully saturated rings. The van der Waals surface area contributed by atoms with E-state index in [1.54, 1.807) is 18.2 Å². The monoisotopic (exact) mass is 252 g/mol. The fraction of sp³-hybridized carbons (Fsp3) is 0.333. The molecular weight excluding hydrogens is 236 g/mol. The zero-order valence-electron chi connectivity index (χ0n) is 10.1. The second-order valence-corrected chi connectivity index (χ2v) is 3.70. The second-order valence-electron chi connectivity index (χ2n) is 3.70. The van der Waals surface area contributed by atoms with Crippen LogP contribution in [-0.4, -0.2) is 37.1 Å². The molecule has 6 nitrogen and oxygen atoms in total. The van der Waals surface area contributed by atoms with Gasteiger partial charge in [0.05, 0.1) is 25.8 Å². The highest BCUT2D eigenvalue weighted by Crippen LogP contribution is 2.21. The molecule has 0 spiro atoms. The summed E-state index contributed by atoms with van der Waals surface area (Å²) in [4.78, 5) is 22.0. The van der Waals surface area contributed by atoms with Gasteiger partial charge in [0.25, 0.3) is 0 Å². The Morgan fingerprint density at radius 2 is 2.17 bits per heavy atom. The van der Waals surface area contributed by atoms with Gasteiger partial charge in [-0.3, -0.25) is 9.59 Å². The number of anilines is 1. The summed E-state index contributed by atoms with van der Waals surface area (Å²) in [6.07, 6.45) is -0.0158. The first kappa shape index (κ1) is 14.0. The van der Waals surface area contributed by atoms with Crippen LogP contribution >= 0.6 is 0 Å². The predicted octanol–water partition coefficient (Wildman–Crippen LogP) is 0.524. The second kappa shape index (κ2) is 6.61. The van der Waals surface area contributed by atoms with Crippen molar-refractivity contribution in [2.24, 2.45) is 0 Å². The molecule has 0 radical (unpaired) electrons. The lowest BCUT2D eigenvalue weighted by Gasteiger charge is -2.07. The van der Waals surface area contributed by atoms with Crippen molar-refractivity contribution in [3.05, 3.63) is 23.8 Å².